The van der Waals surface area contributed by atoms with E-state index in [0.29, 0.717) is 55.6 Å². The molecule has 0 spiro atoms. The Hall–Kier alpha value is -3.31. The molecule has 0 aliphatic carbocycles. The van der Waals surface area contributed by atoms with Crippen molar-refractivity contribution in [1.82, 2.24) is 14.9 Å². The summed E-state index contributed by atoms with van der Waals surface area (Å²) in [6.45, 7) is 3.88. The zero-order valence-corrected chi connectivity index (χ0v) is 25.8. The molecule has 216 valence electrons. The number of thiophene rings is 1. The maximum Gasteiger partial charge on any atom is 0.409 e. The van der Waals surface area contributed by atoms with E-state index in [9.17, 15) is 9.59 Å². The number of carbonyl (C=O) groups excluding carboxylic acids is 2. The van der Waals surface area contributed by atoms with Crippen molar-refractivity contribution >= 4 is 44.9 Å². The summed E-state index contributed by atoms with van der Waals surface area (Å²) in [7, 11) is 2.97. The Kier molecular flexibility index (Phi) is 9.57. The van der Waals surface area contributed by atoms with Gasteiger partial charge in [-0.25, -0.2) is 24.8 Å². The van der Waals surface area contributed by atoms with Crippen molar-refractivity contribution in [1.29, 1.82) is 0 Å². The van der Waals surface area contributed by atoms with E-state index in [2.05, 4.69) is 28.7 Å². The normalized spacial score (nSPS) is 14.8. The van der Waals surface area contributed by atoms with Crippen LogP contribution in [-0.2, 0) is 4.74 Å². The van der Waals surface area contributed by atoms with Crippen molar-refractivity contribution < 1.29 is 19.1 Å². The number of aryl methyl sites for hydroxylation is 1. The second-order valence-electron chi connectivity index (χ2n) is 10.8. The minimum absolute atomic E-state index is 0.139. The van der Waals surface area contributed by atoms with Gasteiger partial charge in [-0.3, -0.25) is 4.79 Å². The summed E-state index contributed by atoms with van der Waals surface area (Å²) in [5, 5.41) is 2.02. The molecule has 1 aliphatic rings. The van der Waals surface area contributed by atoms with Crippen molar-refractivity contribution in [2.45, 2.75) is 19.4 Å². The quantitative estimate of drug-likeness (QED) is 0.323. The Morgan fingerprint density at radius 1 is 1.20 bits per heavy atom. The van der Waals surface area contributed by atoms with Crippen LogP contribution in [0.2, 0.25) is 0 Å². The Balaban J connectivity index is 1.46. The standard InChI is InChI=1S/C29H39N5O4S2/c1-21-30-20-24-27(31-21)32(2)14-15-34(28(24)35)22-9-7-10-23(19-22)38-25(26-11-8-17-39-26)12-13-33(3)29(36)37-16-18-40(4,5)6/h7-11,17,19-20,25H,12-16,18H2,1-6H3. The highest BCUT2D eigenvalue weighted by Gasteiger charge is 2.28. The van der Waals surface area contributed by atoms with Crippen molar-refractivity contribution in [2.75, 3.05) is 74.7 Å². The van der Waals surface area contributed by atoms with Gasteiger partial charge in [-0.1, -0.05) is 12.1 Å². The fourth-order valence-corrected chi connectivity index (χ4v) is 5.64. The molecule has 0 bridgehead atoms. The Labute approximate surface area is 242 Å². The van der Waals surface area contributed by atoms with E-state index in [1.165, 1.54) is 0 Å². The molecule has 1 aliphatic heterocycles. The topological polar surface area (TPSA) is 88.1 Å². The van der Waals surface area contributed by atoms with E-state index < -0.39 is 10.0 Å². The lowest BCUT2D eigenvalue weighted by atomic mass is 10.2. The highest BCUT2D eigenvalue weighted by molar-refractivity contribution is 8.32. The number of anilines is 2. The van der Waals surface area contributed by atoms with Crippen LogP contribution in [0.3, 0.4) is 0 Å². The first kappa shape index (κ1) is 29.7. The molecule has 1 aromatic carbocycles. The van der Waals surface area contributed by atoms with Crippen LogP contribution >= 0.6 is 21.4 Å². The molecule has 0 saturated heterocycles. The van der Waals surface area contributed by atoms with Crippen molar-refractivity contribution in [3.8, 4) is 5.75 Å². The number of aromatic nitrogens is 2. The first-order valence-corrected chi connectivity index (χ1v) is 17.1. The van der Waals surface area contributed by atoms with Gasteiger partial charge in [-0.2, -0.15) is 0 Å². The summed E-state index contributed by atoms with van der Waals surface area (Å²) in [5.74, 6) is 2.68. The summed E-state index contributed by atoms with van der Waals surface area (Å²) >= 11 is 1.62. The number of amides is 2. The van der Waals surface area contributed by atoms with Gasteiger partial charge in [0.25, 0.3) is 5.91 Å². The third-order valence-electron chi connectivity index (χ3n) is 6.61. The van der Waals surface area contributed by atoms with E-state index in [0.717, 1.165) is 16.3 Å². The number of carbonyl (C=O) groups is 2. The first-order valence-electron chi connectivity index (χ1n) is 13.2. The van der Waals surface area contributed by atoms with E-state index in [1.807, 2.05) is 60.6 Å². The third kappa shape index (κ3) is 7.66. The van der Waals surface area contributed by atoms with Crippen molar-refractivity contribution in [3.05, 3.63) is 64.2 Å². The van der Waals surface area contributed by atoms with E-state index in [-0.39, 0.29) is 18.1 Å². The van der Waals surface area contributed by atoms with Crippen molar-refractivity contribution in [3.63, 3.8) is 0 Å². The Bertz CT molecular complexity index is 1310. The highest BCUT2D eigenvalue weighted by atomic mass is 32.3. The summed E-state index contributed by atoms with van der Waals surface area (Å²) in [6.07, 6.45) is 8.24. The van der Waals surface area contributed by atoms with Crippen LogP contribution in [0.4, 0.5) is 16.3 Å². The van der Waals surface area contributed by atoms with Gasteiger partial charge < -0.3 is 24.2 Å². The molecule has 11 heteroatoms. The SMILES string of the molecule is Cc1ncc2c(n1)N(C)CCN(c1cccc(OC(CCN(C)C(=O)OCCS(C)(C)C)c3cccs3)c1)C2=O. The van der Waals surface area contributed by atoms with Crippen molar-refractivity contribution in [2.24, 2.45) is 0 Å². The first-order chi connectivity index (χ1) is 19.0. The third-order valence-corrected chi connectivity index (χ3v) is 8.97. The molecule has 0 fully saturated rings. The zero-order valence-electron chi connectivity index (χ0n) is 24.1. The van der Waals surface area contributed by atoms with Gasteiger partial charge in [0.1, 0.15) is 35.7 Å². The lowest BCUT2D eigenvalue weighted by Crippen LogP contribution is -2.33. The molecule has 4 rings (SSSR count). The minimum Gasteiger partial charge on any atom is -0.485 e. The number of rotatable bonds is 10. The van der Waals surface area contributed by atoms with Crippen LogP contribution in [0.25, 0.3) is 0 Å². The van der Waals surface area contributed by atoms with Gasteiger partial charge in [0.15, 0.2) is 0 Å². The largest absolute Gasteiger partial charge is 0.485 e. The lowest BCUT2D eigenvalue weighted by Gasteiger charge is -2.26. The van der Waals surface area contributed by atoms with Crippen LogP contribution in [0.15, 0.2) is 48.0 Å². The predicted octanol–water partition coefficient (Wildman–Crippen LogP) is 5.22. The number of likely N-dealkylation sites (N-methyl/N-ethyl adjacent to an activating group) is 1. The molecule has 2 aromatic heterocycles. The molecule has 0 saturated carbocycles. The molecule has 0 radical (unpaired) electrons. The monoisotopic (exact) mass is 585 g/mol. The van der Waals surface area contributed by atoms with Gasteiger partial charge in [-0.15, -0.1) is 11.3 Å². The van der Waals surface area contributed by atoms with Crippen LogP contribution < -0.4 is 14.5 Å². The van der Waals surface area contributed by atoms with Gasteiger partial charge in [0, 0.05) is 68.7 Å². The summed E-state index contributed by atoms with van der Waals surface area (Å²) < 4.78 is 12.0. The average molecular weight is 586 g/mol. The van der Waals surface area contributed by atoms with Gasteiger partial charge in [-0.05, 0) is 49.3 Å². The fourth-order valence-electron chi connectivity index (χ4n) is 4.26. The number of ether oxygens (including phenoxy) is 2. The second kappa shape index (κ2) is 12.9. The molecule has 9 nitrogen and oxygen atoms in total. The second-order valence-corrected chi connectivity index (χ2v) is 16.3. The van der Waals surface area contributed by atoms with Gasteiger partial charge in [0.2, 0.25) is 0 Å². The molecular weight excluding hydrogens is 546 g/mol. The number of benzene rings is 1. The number of hydrogen-bond donors (Lipinski definition) is 0. The maximum absolute atomic E-state index is 13.5. The Morgan fingerprint density at radius 2 is 2.00 bits per heavy atom. The van der Waals surface area contributed by atoms with Gasteiger partial charge in [0.05, 0.1) is 0 Å². The average Bonchev–Trinajstić information content (AvgIpc) is 3.41. The highest BCUT2D eigenvalue weighted by Crippen LogP contribution is 2.34. The molecule has 40 heavy (non-hydrogen) atoms. The summed E-state index contributed by atoms with van der Waals surface area (Å²) in [4.78, 5) is 41.2. The molecule has 1 unspecified atom stereocenters. The number of nitrogens with zero attached hydrogens (tertiary/aromatic N) is 5. The molecule has 0 N–H and O–H groups in total. The Morgan fingerprint density at radius 3 is 2.73 bits per heavy atom. The molecule has 2 amide bonds. The van der Waals surface area contributed by atoms with Crippen LogP contribution in [-0.4, -0.2) is 91.7 Å². The van der Waals surface area contributed by atoms with E-state index in [4.69, 9.17) is 9.47 Å². The molecule has 3 heterocycles. The van der Waals surface area contributed by atoms with E-state index in [1.54, 1.807) is 34.4 Å². The smallest absolute Gasteiger partial charge is 0.409 e. The minimum atomic E-state index is -0.719. The van der Waals surface area contributed by atoms with Gasteiger partial charge >= 0.3 is 6.09 Å². The lowest BCUT2D eigenvalue weighted by molar-refractivity contribution is 0.0989. The number of hydrogen-bond acceptors (Lipinski definition) is 8. The van der Waals surface area contributed by atoms with E-state index >= 15 is 0 Å². The van der Waals surface area contributed by atoms with Crippen LogP contribution in [0.5, 0.6) is 5.75 Å². The predicted molar refractivity (Wildman–Crippen MR) is 165 cm³/mol. The molecular formula is C29H39N5O4S2. The molecule has 1 atom stereocenters. The number of fused-ring (bicyclic) bond motifs is 1. The summed E-state index contributed by atoms with van der Waals surface area (Å²) in [6, 6.07) is 11.6. The molecule has 3 aromatic rings. The zero-order chi connectivity index (χ0) is 28.9. The summed E-state index contributed by atoms with van der Waals surface area (Å²) in [5.41, 5.74) is 1.23. The van der Waals surface area contributed by atoms with Crippen LogP contribution in [0.1, 0.15) is 33.6 Å². The maximum atomic E-state index is 13.5. The fraction of sp³-hybridized carbons (Fsp3) is 0.448. The van der Waals surface area contributed by atoms with Crippen LogP contribution in [0, 0.1) is 6.92 Å².